The number of carbonyl (C=O) groups is 1. The van der Waals surface area contributed by atoms with Crippen molar-refractivity contribution >= 4 is 17.0 Å². The molecule has 0 fully saturated rings. The average molecular weight is 274 g/mol. The fraction of sp³-hybridized carbons (Fsp3) is 0.500. The highest BCUT2D eigenvalue weighted by Crippen LogP contribution is 2.27. The van der Waals surface area contributed by atoms with Crippen molar-refractivity contribution in [1.29, 1.82) is 0 Å². The van der Waals surface area contributed by atoms with Crippen molar-refractivity contribution in [3.63, 3.8) is 0 Å². The van der Waals surface area contributed by atoms with Crippen LogP contribution in [0.5, 0.6) is 0 Å². The van der Waals surface area contributed by atoms with Crippen LogP contribution >= 0.6 is 0 Å². The van der Waals surface area contributed by atoms with E-state index in [2.05, 4.69) is 30.3 Å². The third-order valence-corrected chi connectivity index (χ3v) is 3.79. The minimum absolute atomic E-state index is 0.301. The van der Waals surface area contributed by atoms with Crippen LogP contribution in [0, 0.1) is 0 Å². The number of carboxylic acid groups (broad SMARTS) is 1. The van der Waals surface area contributed by atoms with E-state index in [4.69, 9.17) is 5.11 Å². The van der Waals surface area contributed by atoms with E-state index in [0.717, 1.165) is 42.5 Å². The van der Waals surface area contributed by atoms with E-state index < -0.39 is 5.97 Å². The summed E-state index contributed by atoms with van der Waals surface area (Å²) in [4.78, 5) is 15.7. The largest absolute Gasteiger partial charge is 0.478 e. The molecule has 0 radical (unpaired) electrons. The molecule has 0 aliphatic rings. The molecule has 0 saturated heterocycles. The summed E-state index contributed by atoms with van der Waals surface area (Å²) in [7, 11) is 0. The molecule has 4 nitrogen and oxygen atoms in total. The average Bonchev–Trinajstić information content (AvgIpc) is 2.78. The Bertz CT molecular complexity index is 612. The third kappa shape index (κ3) is 2.55. The molecule has 108 valence electrons. The standard InChI is InChI=1S/C16H22N2O2/c1-4-7-15-17-13-10-11(16(19)20)8-9-14(13)18(15)12(5-2)6-3/h8-10,12H,4-7H2,1-3H3,(H,19,20). The molecule has 0 atom stereocenters. The van der Waals surface area contributed by atoms with Crippen LogP contribution in [0.4, 0.5) is 0 Å². The number of hydrogen-bond donors (Lipinski definition) is 1. The van der Waals surface area contributed by atoms with Gasteiger partial charge in [-0.2, -0.15) is 0 Å². The van der Waals surface area contributed by atoms with Gasteiger partial charge in [0, 0.05) is 12.5 Å². The fourth-order valence-electron chi connectivity index (χ4n) is 2.74. The lowest BCUT2D eigenvalue weighted by molar-refractivity contribution is 0.0697. The van der Waals surface area contributed by atoms with Crippen LogP contribution in [0.1, 0.15) is 62.3 Å². The van der Waals surface area contributed by atoms with Gasteiger partial charge < -0.3 is 9.67 Å². The van der Waals surface area contributed by atoms with Gasteiger partial charge in [-0.1, -0.05) is 20.8 Å². The quantitative estimate of drug-likeness (QED) is 0.864. The number of aromatic carboxylic acids is 1. The van der Waals surface area contributed by atoms with Crippen LogP contribution in [-0.4, -0.2) is 20.6 Å². The predicted octanol–water partition coefficient (Wildman–Crippen LogP) is 4.05. The number of carboxylic acids is 1. The van der Waals surface area contributed by atoms with Gasteiger partial charge in [0.15, 0.2) is 0 Å². The second-order valence-corrected chi connectivity index (χ2v) is 5.13. The molecule has 0 bridgehead atoms. The second kappa shape index (κ2) is 6.07. The number of nitrogens with zero attached hydrogens (tertiary/aromatic N) is 2. The minimum atomic E-state index is -0.902. The van der Waals surface area contributed by atoms with Crippen molar-refractivity contribution in [2.45, 2.75) is 52.5 Å². The molecule has 1 aromatic heterocycles. The number of imidazole rings is 1. The maximum Gasteiger partial charge on any atom is 0.335 e. The summed E-state index contributed by atoms with van der Waals surface area (Å²) in [5.41, 5.74) is 2.14. The van der Waals surface area contributed by atoms with Crippen LogP contribution in [0.2, 0.25) is 0 Å². The molecule has 0 spiro atoms. The van der Waals surface area contributed by atoms with Gasteiger partial charge in [-0.25, -0.2) is 9.78 Å². The van der Waals surface area contributed by atoms with Crippen molar-refractivity contribution in [3.8, 4) is 0 Å². The summed E-state index contributed by atoms with van der Waals surface area (Å²) in [5.74, 6) is 0.166. The summed E-state index contributed by atoms with van der Waals surface area (Å²) in [6, 6.07) is 5.66. The van der Waals surface area contributed by atoms with E-state index in [0.29, 0.717) is 11.6 Å². The van der Waals surface area contributed by atoms with E-state index in [1.807, 2.05) is 6.07 Å². The van der Waals surface area contributed by atoms with Gasteiger partial charge in [0.25, 0.3) is 0 Å². The lowest BCUT2D eigenvalue weighted by atomic mass is 10.1. The summed E-state index contributed by atoms with van der Waals surface area (Å²) >= 11 is 0. The molecule has 0 aliphatic heterocycles. The summed E-state index contributed by atoms with van der Waals surface area (Å²) in [6.45, 7) is 6.50. The zero-order valence-electron chi connectivity index (χ0n) is 12.4. The first-order valence-electron chi connectivity index (χ1n) is 7.36. The molecular formula is C16H22N2O2. The molecule has 1 heterocycles. The van der Waals surface area contributed by atoms with Crippen LogP contribution in [0.15, 0.2) is 18.2 Å². The monoisotopic (exact) mass is 274 g/mol. The van der Waals surface area contributed by atoms with E-state index in [9.17, 15) is 4.79 Å². The number of rotatable bonds is 6. The number of benzene rings is 1. The van der Waals surface area contributed by atoms with E-state index in [1.54, 1.807) is 12.1 Å². The molecule has 0 aliphatic carbocycles. The van der Waals surface area contributed by atoms with Crippen molar-refractivity contribution in [2.24, 2.45) is 0 Å². The van der Waals surface area contributed by atoms with E-state index >= 15 is 0 Å². The fourth-order valence-corrected chi connectivity index (χ4v) is 2.74. The van der Waals surface area contributed by atoms with Crippen molar-refractivity contribution in [2.75, 3.05) is 0 Å². The Hall–Kier alpha value is -1.84. The Balaban J connectivity index is 2.62. The van der Waals surface area contributed by atoms with Crippen LogP contribution < -0.4 is 0 Å². The Morgan fingerprint density at radius 2 is 2.00 bits per heavy atom. The SMILES string of the molecule is CCCc1nc2cc(C(=O)O)ccc2n1C(CC)CC. The molecule has 0 saturated carbocycles. The van der Waals surface area contributed by atoms with Gasteiger partial charge in [-0.15, -0.1) is 0 Å². The first-order chi connectivity index (χ1) is 9.62. The highest BCUT2D eigenvalue weighted by atomic mass is 16.4. The highest BCUT2D eigenvalue weighted by Gasteiger charge is 2.17. The van der Waals surface area contributed by atoms with Gasteiger partial charge in [0.05, 0.1) is 16.6 Å². The predicted molar refractivity (Wildman–Crippen MR) is 80.3 cm³/mol. The van der Waals surface area contributed by atoms with E-state index in [1.165, 1.54) is 0 Å². The molecule has 1 aromatic carbocycles. The molecule has 2 aromatic rings. The topological polar surface area (TPSA) is 55.1 Å². The number of fused-ring (bicyclic) bond motifs is 1. The Kier molecular flexibility index (Phi) is 4.42. The lowest BCUT2D eigenvalue weighted by Gasteiger charge is -2.18. The molecule has 1 N–H and O–H groups in total. The first kappa shape index (κ1) is 14.6. The minimum Gasteiger partial charge on any atom is -0.478 e. The highest BCUT2D eigenvalue weighted by molar-refractivity contribution is 5.92. The van der Waals surface area contributed by atoms with Crippen molar-refractivity contribution in [3.05, 3.63) is 29.6 Å². The summed E-state index contributed by atoms with van der Waals surface area (Å²) in [5, 5.41) is 9.09. The smallest absolute Gasteiger partial charge is 0.335 e. The molecule has 4 heteroatoms. The van der Waals surface area contributed by atoms with Gasteiger partial charge >= 0.3 is 5.97 Å². The Morgan fingerprint density at radius 3 is 2.55 bits per heavy atom. The zero-order valence-corrected chi connectivity index (χ0v) is 12.4. The number of hydrogen-bond acceptors (Lipinski definition) is 2. The van der Waals surface area contributed by atoms with Gasteiger partial charge in [-0.05, 0) is 37.5 Å². The lowest BCUT2D eigenvalue weighted by Crippen LogP contribution is -2.11. The number of aryl methyl sites for hydroxylation is 1. The van der Waals surface area contributed by atoms with Gasteiger partial charge in [0.2, 0.25) is 0 Å². The van der Waals surface area contributed by atoms with Crippen LogP contribution in [0.25, 0.3) is 11.0 Å². The van der Waals surface area contributed by atoms with Crippen LogP contribution in [-0.2, 0) is 6.42 Å². The van der Waals surface area contributed by atoms with E-state index in [-0.39, 0.29) is 0 Å². The maximum atomic E-state index is 11.1. The molecular weight excluding hydrogens is 252 g/mol. The van der Waals surface area contributed by atoms with Crippen molar-refractivity contribution < 1.29 is 9.90 Å². The molecule has 2 rings (SSSR count). The summed E-state index contributed by atoms with van der Waals surface area (Å²) < 4.78 is 2.30. The van der Waals surface area contributed by atoms with Gasteiger partial charge in [0.1, 0.15) is 5.82 Å². The summed E-state index contributed by atoms with van der Waals surface area (Å²) in [6.07, 6.45) is 4.07. The Labute approximate surface area is 119 Å². The van der Waals surface area contributed by atoms with Crippen molar-refractivity contribution in [1.82, 2.24) is 9.55 Å². The molecule has 20 heavy (non-hydrogen) atoms. The zero-order chi connectivity index (χ0) is 14.7. The van der Waals surface area contributed by atoms with Crippen LogP contribution in [0.3, 0.4) is 0 Å². The van der Waals surface area contributed by atoms with Gasteiger partial charge in [-0.3, -0.25) is 0 Å². The normalized spacial score (nSPS) is 11.4. The maximum absolute atomic E-state index is 11.1. The first-order valence-corrected chi connectivity index (χ1v) is 7.36. The Morgan fingerprint density at radius 1 is 1.30 bits per heavy atom. The second-order valence-electron chi connectivity index (χ2n) is 5.13. The molecule has 0 amide bonds. The number of aromatic nitrogens is 2. The third-order valence-electron chi connectivity index (χ3n) is 3.79. The molecule has 0 unspecified atom stereocenters.